The number of anilines is 6. The molecule has 0 aliphatic heterocycles. The van der Waals surface area contributed by atoms with Crippen LogP contribution >= 0.6 is 0 Å². The van der Waals surface area contributed by atoms with Crippen LogP contribution in [-0.4, -0.2) is 30.5 Å². The molecule has 0 atom stereocenters. The minimum atomic E-state index is 0.266. The van der Waals surface area contributed by atoms with Crippen molar-refractivity contribution in [1.29, 1.82) is 0 Å². The third-order valence-corrected chi connectivity index (χ3v) is 16.5. The summed E-state index contributed by atoms with van der Waals surface area (Å²) in [5, 5.41) is 11.5. The summed E-state index contributed by atoms with van der Waals surface area (Å²) in [6.45, 7) is 0. The molecule has 6 heteroatoms. The molecule has 14 rings (SSSR count). The van der Waals surface area contributed by atoms with Crippen molar-refractivity contribution in [2.45, 2.75) is 0 Å². The number of hydrogen-bond donors (Lipinski definition) is 0. The van der Waals surface area contributed by atoms with Gasteiger partial charge in [0.2, 0.25) is 0 Å². The number of fused-ring (bicyclic) bond motifs is 12. The van der Waals surface area contributed by atoms with E-state index in [9.17, 15) is 0 Å². The standard InChI is InChI=1S/C62H37N2O2Se2/c67-56-23-12-21-50(59(56)38-14-4-1-5-15-38)63(43-16-6-2-7-17-43)45-28-26-39-34-48-54(36-41(39)32-45)65-52-30-31-53-62(61(48)52)49-35-40-27-29-46(33-42(40)37-55(49)66-53)64(44-18-8-3-9-19-44)51-22-13-25-58-60(51)47-20-10-11-24-57(47)68-58/h1-37H. The normalized spacial score (nSPS) is 11.9. The Labute approximate surface area is 405 Å². The molecule has 0 saturated carbocycles. The summed E-state index contributed by atoms with van der Waals surface area (Å²) in [6, 6.07) is 80.8. The van der Waals surface area contributed by atoms with Gasteiger partial charge in [-0.15, -0.1) is 0 Å². The number of para-hydroxylation sites is 2. The Balaban J connectivity index is 0.905. The van der Waals surface area contributed by atoms with Crippen molar-refractivity contribution in [3.05, 3.63) is 224 Å². The first-order valence-electron chi connectivity index (χ1n) is 22.8. The quantitative estimate of drug-likeness (QED) is 0.149. The fourth-order valence-electron chi connectivity index (χ4n) is 10.4. The molecule has 68 heavy (non-hydrogen) atoms. The Hall–Kier alpha value is -7.82. The fourth-order valence-corrected chi connectivity index (χ4v) is 13.4. The van der Waals surface area contributed by atoms with Gasteiger partial charge in [0.25, 0.3) is 0 Å². The first kappa shape index (κ1) is 39.4. The zero-order valence-electron chi connectivity index (χ0n) is 36.4. The van der Waals surface area contributed by atoms with Gasteiger partial charge >= 0.3 is 408 Å². The molecule has 0 spiro atoms. The molecular weight excluding hydrogens is 963 g/mol. The van der Waals surface area contributed by atoms with Gasteiger partial charge in [0.05, 0.1) is 0 Å². The van der Waals surface area contributed by atoms with Gasteiger partial charge in [0.1, 0.15) is 0 Å². The van der Waals surface area contributed by atoms with Gasteiger partial charge in [-0.25, -0.2) is 0 Å². The van der Waals surface area contributed by atoms with Gasteiger partial charge in [0, 0.05) is 0 Å². The molecule has 3 aromatic heterocycles. The molecule has 11 aromatic carbocycles. The molecule has 0 N–H and O–H groups in total. The zero-order valence-corrected chi connectivity index (χ0v) is 39.8. The molecule has 0 aliphatic carbocycles. The van der Waals surface area contributed by atoms with E-state index < -0.39 is 0 Å². The van der Waals surface area contributed by atoms with E-state index in [0.717, 1.165) is 109 Å². The van der Waals surface area contributed by atoms with E-state index >= 15 is 0 Å². The molecule has 0 bridgehead atoms. The Morgan fingerprint density at radius 3 is 1.47 bits per heavy atom. The summed E-state index contributed by atoms with van der Waals surface area (Å²) in [6.07, 6.45) is 0. The third-order valence-electron chi connectivity index (χ3n) is 13.4. The molecule has 319 valence electrons. The van der Waals surface area contributed by atoms with Crippen LogP contribution in [0.3, 0.4) is 0 Å². The first-order chi connectivity index (χ1) is 33.6. The second-order valence-electron chi connectivity index (χ2n) is 17.4. The monoisotopic (exact) mass is 1000 g/mol. The van der Waals surface area contributed by atoms with E-state index in [4.69, 9.17) is 8.83 Å². The molecule has 0 aliphatic rings. The van der Waals surface area contributed by atoms with Crippen LogP contribution in [-0.2, 0) is 0 Å². The Morgan fingerprint density at radius 1 is 0.338 bits per heavy atom. The summed E-state index contributed by atoms with van der Waals surface area (Å²) in [4.78, 5) is 4.77. The summed E-state index contributed by atoms with van der Waals surface area (Å²) >= 11 is 3.61. The molecule has 0 amide bonds. The summed E-state index contributed by atoms with van der Waals surface area (Å²) < 4.78 is 17.5. The van der Waals surface area contributed by atoms with Crippen LogP contribution in [0.25, 0.3) is 95.8 Å². The summed E-state index contributed by atoms with van der Waals surface area (Å²) in [5.41, 5.74) is 12.3. The molecule has 1 radical (unpaired) electrons. The van der Waals surface area contributed by atoms with Crippen molar-refractivity contribution in [2.75, 3.05) is 9.80 Å². The number of hydrogen-bond acceptors (Lipinski definition) is 4. The number of nitrogens with zero attached hydrogens (tertiary/aromatic N) is 2. The van der Waals surface area contributed by atoms with Gasteiger partial charge in [-0.3, -0.25) is 0 Å². The number of benzene rings is 11. The van der Waals surface area contributed by atoms with Crippen LogP contribution in [0.4, 0.5) is 34.1 Å². The Kier molecular flexibility index (Phi) is 9.05. The van der Waals surface area contributed by atoms with Gasteiger partial charge in [-0.05, 0) is 0 Å². The second-order valence-corrected chi connectivity index (χ2v) is 20.6. The van der Waals surface area contributed by atoms with E-state index in [2.05, 4.69) is 250 Å². The van der Waals surface area contributed by atoms with Gasteiger partial charge < -0.3 is 0 Å². The molecule has 3 heterocycles. The van der Waals surface area contributed by atoms with Crippen molar-refractivity contribution >= 4 is 154 Å². The predicted molar refractivity (Wildman–Crippen MR) is 288 cm³/mol. The van der Waals surface area contributed by atoms with Crippen molar-refractivity contribution in [2.24, 2.45) is 0 Å². The molecule has 14 aromatic rings. The minimum absolute atomic E-state index is 0.266. The second kappa shape index (κ2) is 15.6. The van der Waals surface area contributed by atoms with Crippen molar-refractivity contribution in [1.82, 2.24) is 0 Å². The average molecular weight is 1000 g/mol. The van der Waals surface area contributed by atoms with E-state index in [-0.39, 0.29) is 14.5 Å². The zero-order chi connectivity index (χ0) is 44.9. The van der Waals surface area contributed by atoms with Crippen LogP contribution < -0.4 is 14.3 Å². The van der Waals surface area contributed by atoms with Crippen LogP contribution in [0.5, 0.6) is 0 Å². The Bertz CT molecular complexity index is 4290. The summed E-state index contributed by atoms with van der Waals surface area (Å²) in [5.74, 6) is 0. The SMILES string of the molecule is [Se]c1cccc(N(c2ccccc2)c2ccc3cc4c(cc3c2)oc2ccc3oc5cc6cc(N(c7ccccc7)c7cccc8[se]c9ccccc9c78)ccc6cc5c3c24)c1-c1ccccc1. The predicted octanol–water partition coefficient (Wildman–Crippen LogP) is 16.6. The molecule has 0 unspecified atom stereocenters. The van der Waals surface area contributed by atoms with Gasteiger partial charge in [-0.1, -0.05) is 0 Å². The van der Waals surface area contributed by atoms with E-state index in [0.29, 0.717) is 0 Å². The Morgan fingerprint density at radius 2 is 0.853 bits per heavy atom. The average Bonchev–Trinajstić information content (AvgIpc) is 4.07. The van der Waals surface area contributed by atoms with Gasteiger partial charge in [0.15, 0.2) is 0 Å². The van der Waals surface area contributed by atoms with E-state index in [1.54, 1.807) is 0 Å². The third kappa shape index (κ3) is 6.27. The van der Waals surface area contributed by atoms with E-state index in [1.165, 1.54) is 25.0 Å². The molecular formula is C62H37N2O2Se2. The van der Waals surface area contributed by atoms with Gasteiger partial charge in [-0.2, -0.15) is 0 Å². The maximum absolute atomic E-state index is 6.76. The first-order valence-corrected chi connectivity index (χ1v) is 25.3. The van der Waals surface area contributed by atoms with Crippen molar-refractivity contribution < 1.29 is 8.83 Å². The van der Waals surface area contributed by atoms with Crippen molar-refractivity contribution in [3.63, 3.8) is 0 Å². The van der Waals surface area contributed by atoms with Crippen LogP contribution in [0.2, 0.25) is 0 Å². The van der Waals surface area contributed by atoms with Crippen molar-refractivity contribution in [3.8, 4) is 11.1 Å². The topological polar surface area (TPSA) is 32.8 Å². The summed E-state index contributed by atoms with van der Waals surface area (Å²) in [7, 11) is 0. The van der Waals surface area contributed by atoms with Crippen LogP contribution in [0.15, 0.2) is 233 Å². The van der Waals surface area contributed by atoms with E-state index in [1.807, 2.05) is 0 Å². The molecule has 4 nitrogen and oxygen atoms in total. The maximum atomic E-state index is 6.76. The van der Waals surface area contributed by atoms with Crippen LogP contribution in [0.1, 0.15) is 0 Å². The molecule has 0 saturated heterocycles. The number of furan rings is 2. The fraction of sp³-hybridized carbons (Fsp3) is 0. The number of rotatable bonds is 7. The van der Waals surface area contributed by atoms with Crippen LogP contribution in [0, 0.1) is 0 Å². The molecule has 0 fully saturated rings.